The van der Waals surface area contributed by atoms with Gasteiger partial charge in [0.05, 0.1) is 24.3 Å². The van der Waals surface area contributed by atoms with E-state index in [1.54, 1.807) is 13.8 Å². The van der Waals surface area contributed by atoms with Crippen molar-refractivity contribution >= 4 is 29.5 Å². The monoisotopic (exact) mass is 414 g/mol. The van der Waals surface area contributed by atoms with Gasteiger partial charge in [0.15, 0.2) is 17.6 Å². The molecule has 0 fully saturated rings. The molecule has 0 bridgehead atoms. The molecule has 28 heavy (non-hydrogen) atoms. The van der Waals surface area contributed by atoms with Crippen LogP contribution in [0.4, 0.5) is 4.79 Å². The maximum absolute atomic E-state index is 12.4. The van der Waals surface area contributed by atoms with Gasteiger partial charge in [-0.15, -0.1) is 0 Å². The maximum atomic E-state index is 12.4. The number of urea groups is 1. The van der Waals surface area contributed by atoms with E-state index in [-0.39, 0.29) is 22.4 Å². The average Bonchev–Trinajstić information content (AvgIpc) is 2.61. The zero-order chi connectivity index (χ0) is 21.3. The third-order valence-electron chi connectivity index (χ3n) is 3.52. The van der Waals surface area contributed by atoms with E-state index >= 15 is 0 Å². The van der Waals surface area contributed by atoms with Crippen molar-refractivity contribution in [3.05, 3.63) is 22.7 Å². The third kappa shape index (κ3) is 7.26. The van der Waals surface area contributed by atoms with Crippen LogP contribution in [0.1, 0.15) is 50.9 Å². The first kappa shape index (κ1) is 23.6. The van der Waals surface area contributed by atoms with Crippen LogP contribution in [0.5, 0.6) is 11.5 Å². The van der Waals surface area contributed by atoms with Gasteiger partial charge in [0.1, 0.15) is 0 Å². The SMILES string of the molecule is CCCCOc1c(Cl)cc(C(=O)O[C@@H](C)C(=O)NC(=O)NC(C)C)cc1OC. The third-order valence-corrected chi connectivity index (χ3v) is 3.80. The van der Waals surface area contributed by atoms with Crippen LogP contribution in [-0.2, 0) is 9.53 Å². The lowest BCUT2D eigenvalue weighted by atomic mass is 10.2. The smallest absolute Gasteiger partial charge is 0.339 e. The van der Waals surface area contributed by atoms with Gasteiger partial charge in [0.25, 0.3) is 5.91 Å². The van der Waals surface area contributed by atoms with Crippen LogP contribution in [0.15, 0.2) is 12.1 Å². The number of amides is 3. The Morgan fingerprint density at radius 3 is 2.43 bits per heavy atom. The lowest BCUT2D eigenvalue weighted by Crippen LogP contribution is -2.46. The Bertz CT molecular complexity index is 708. The summed E-state index contributed by atoms with van der Waals surface area (Å²) in [6.45, 7) is 7.36. The number of benzene rings is 1. The van der Waals surface area contributed by atoms with Gasteiger partial charge in [-0.1, -0.05) is 24.9 Å². The Hall–Kier alpha value is -2.48. The molecule has 2 N–H and O–H groups in total. The molecule has 3 amide bonds. The van der Waals surface area contributed by atoms with E-state index in [1.165, 1.54) is 26.2 Å². The minimum absolute atomic E-state index is 0.0935. The van der Waals surface area contributed by atoms with Crippen LogP contribution in [-0.4, -0.2) is 43.8 Å². The average molecular weight is 415 g/mol. The van der Waals surface area contributed by atoms with Crippen LogP contribution in [0.2, 0.25) is 5.02 Å². The highest BCUT2D eigenvalue weighted by molar-refractivity contribution is 6.32. The lowest BCUT2D eigenvalue weighted by Gasteiger charge is -2.16. The summed E-state index contributed by atoms with van der Waals surface area (Å²) in [6.07, 6.45) is 0.621. The molecule has 0 saturated carbocycles. The number of rotatable bonds is 9. The van der Waals surface area contributed by atoms with Gasteiger partial charge in [0.2, 0.25) is 0 Å². The highest BCUT2D eigenvalue weighted by atomic mass is 35.5. The molecule has 1 aromatic carbocycles. The van der Waals surface area contributed by atoms with Crippen LogP contribution in [0.3, 0.4) is 0 Å². The summed E-state index contributed by atoms with van der Waals surface area (Å²) >= 11 is 6.21. The van der Waals surface area contributed by atoms with Gasteiger partial charge in [0, 0.05) is 6.04 Å². The first-order valence-electron chi connectivity index (χ1n) is 9.02. The number of carbonyl (C=O) groups is 3. The summed E-state index contributed by atoms with van der Waals surface area (Å²) in [6, 6.07) is 1.99. The van der Waals surface area contributed by atoms with Crippen LogP contribution >= 0.6 is 11.6 Å². The van der Waals surface area contributed by atoms with E-state index < -0.39 is 24.0 Å². The number of ether oxygens (including phenoxy) is 3. The van der Waals surface area contributed by atoms with E-state index in [1.807, 2.05) is 6.92 Å². The molecule has 1 aromatic rings. The molecule has 0 saturated heterocycles. The highest BCUT2D eigenvalue weighted by Gasteiger charge is 2.23. The Morgan fingerprint density at radius 2 is 1.86 bits per heavy atom. The number of unbranched alkanes of at least 4 members (excludes halogenated alkanes) is 1. The largest absolute Gasteiger partial charge is 0.493 e. The molecule has 156 valence electrons. The van der Waals surface area contributed by atoms with Gasteiger partial charge >= 0.3 is 12.0 Å². The van der Waals surface area contributed by atoms with E-state index in [0.717, 1.165) is 12.8 Å². The fourth-order valence-electron chi connectivity index (χ4n) is 2.09. The first-order chi connectivity index (χ1) is 13.2. The van der Waals surface area contributed by atoms with Gasteiger partial charge in [-0.05, 0) is 39.3 Å². The van der Waals surface area contributed by atoms with Crippen molar-refractivity contribution in [2.24, 2.45) is 0 Å². The minimum Gasteiger partial charge on any atom is -0.493 e. The second-order valence-corrected chi connectivity index (χ2v) is 6.76. The molecule has 0 spiro atoms. The van der Waals surface area contributed by atoms with Gasteiger partial charge in [-0.25, -0.2) is 9.59 Å². The molecule has 9 heteroatoms. The summed E-state index contributed by atoms with van der Waals surface area (Å²) in [5, 5.41) is 4.80. The number of nitrogens with one attached hydrogen (secondary N) is 2. The molecule has 0 unspecified atom stereocenters. The zero-order valence-corrected chi connectivity index (χ0v) is 17.5. The summed E-state index contributed by atoms with van der Waals surface area (Å²) in [5.74, 6) is -0.911. The molecule has 0 aromatic heterocycles. The van der Waals surface area contributed by atoms with Gasteiger partial charge < -0.3 is 19.5 Å². The zero-order valence-electron chi connectivity index (χ0n) is 16.8. The first-order valence-corrected chi connectivity index (χ1v) is 9.40. The quantitative estimate of drug-likeness (QED) is 0.474. The van der Waals surface area contributed by atoms with Crippen molar-refractivity contribution in [1.29, 1.82) is 0 Å². The molecule has 0 radical (unpaired) electrons. The molecular formula is C19H27ClN2O6. The van der Waals surface area contributed by atoms with Crippen LogP contribution < -0.4 is 20.1 Å². The predicted molar refractivity (Wildman–Crippen MR) is 105 cm³/mol. The normalized spacial score (nSPS) is 11.5. The number of carbonyl (C=O) groups excluding carboxylic acids is 3. The minimum atomic E-state index is -1.18. The van der Waals surface area contributed by atoms with Crippen molar-refractivity contribution in [2.45, 2.75) is 52.7 Å². The van der Waals surface area contributed by atoms with Crippen molar-refractivity contribution in [3.8, 4) is 11.5 Å². The molecular weight excluding hydrogens is 388 g/mol. The van der Waals surface area contributed by atoms with Crippen molar-refractivity contribution in [2.75, 3.05) is 13.7 Å². The number of hydrogen-bond donors (Lipinski definition) is 2. The van der Waals surface area contributed by atoms with Gasteiger partial charge in [-0.2, -0.15) is 0 Å². The molecule has 1 rings (SSSR count). The van der Waals surface area contributed by atoms with E-state index in [9.17, 15) is 14.4 Å². The van der Waals surface area contributed by atoms with Crippen molar-refractivity contribution in [3.63, 3.8) is 0 Å². The second kappa shape index (κ2) is 11.4. The summed E-state index contributed by atoms with van der Waals surface area (Å²) in [7, 11) is 1.43. The van der Waals surface area contributed by atoms with E-state index in [0.29, 0.717) is 12.4 Å². The lowest BCUT2D eigenvalue weighted by molar-refractivity contribution is -0.127. The summed E-state index contributed by atoms with van der Waals surface area (Å²) in [4.78, 5) is 35.9. The van der Waals surface area contributed by atoms with Gasteiger partial charge in [-0.3, -0.25) is 10.1 Å². The molecule has 0 heterocycles. The number of methoxy groups -OCH3 is 1. The Balaban J connectivity index is 2.81. The molecule has 8 nitrogen and oxygen atoms in total. The number of imide groups is 1. The van der Waals surface area contributed by atoms with Crippen LogP contribution in [0.25, 0.3) is 0 Å². The fraction of sp³-hybridized carbons (Fsp3) is 0.526. The van der Waals surface area contributed by atoms with Crippen LogP contribution in [0, 0.1) is 0 Å². The second-order valence-electron chi connectivity index (χ2n) is 6.36. The molecule has 1 atom stereocenters. The standard InChI is InChI=1S/C19H27ClN2O6/c1-6-7-8-27-16-14(20)9-13(10-15(16)26-5)18(24)28-12(4)17(23)22-19(25)21-11(2)3/h9-12H,6-8H2,1-5H3,(H2,21,22,23,25)/t12-/m0/s1. The predicted octanol–water partition coefficient (Wildman–Crippen LogP) is 3.31. The van der Waals surface area contributed by atoms with E-state index in [2.05, 4.69) is 10.6 Å². The summed E-state index contributed by atoms with van der Waals surface area (Å²) < 4.78 is 16.0. The number of esters is 1. The van der Waals surface area contributed by atoms with Crippen molar-refractivity contribution < 1.29 is 28.6 Å². The highest BCUT2D eigenvalue weighted by Crippen LogP contribution is 2.36. The number of hydrogen-bond acceptors (Lipinski definition) is 6. The molecule has 0 aliphatic rings. The molecule has 0 aliphatic carbocycles. The number of halogens is 1. The van der Waals surface area contributed by atoms with E-state index in [4.69, 9.17) is 25.8 Å². The topological polar surface area (TPSA) is 103 Å². The Morgan fingerprint density at radius 1 is 1.18 bits per heavy atom. The molecule has 0 aliphatic heterocycles. The van der Waals surface area contributed by atoms with Crippen molar-refractivity contribution in [1.82, 2.24) is 10.6 Å². The Kier molecular flexibility index (Phi) is 9.58. The fourth-order valence-corrected chi connectivity index (χ4v) is 2.36. The summed E-state index contributed by atoms with van der Waals surface area (Å²) in [5.41, 5.74) is 0.0935. The Labute approximate surface area is 169 Å². The maximum Gasteiger partial charge on any atom is 0.339 e.